The van der Waals surface area contributed by atoms with Crippen LogP contribution in [0.5, 0.6) is 0 Å². The third kappa shape index (κ3) is 3.34. The topological polar surface area (TPSA) is 62.7 Å². The lowest BCUT2D eigenvalue weighted by molar-refractivity contribution is 0.575. The maximum absolute atomic E-state index is 8.88. The fraction of sp³-hybridized carbons (Fsp3) is 0.118. The zero-order valence-electron chi connectivity index (χ0n) is 11.9. The number of rotatable bonds is 2. The summed E-state index contributed by atoms with van der Waals surface area (Å²) in [5, 5.41) is 8.88. The van der Waals surface area contributed by atoms with Crippen LogP contribution in [0.15, 0.2) is 59.3 Å². The third-order valence-corrected chi connectivity index (χ3v) is 2.67. The molecule has 0 fully saturated rings. The number of oxazole rings is 1. The van der Waals surface area contributed by atoms with Crippen molar-refractivity contribution in [1.29, 1.82) is 5.26 Å². The highest BCUT2D eigenvalue weighted by molar-refractivity contribution is 5.61. The lowest BCUT2D eigenvalue weighted by atomic mass is 10.1. The molecule has 0 N–H and O–H groups in total. The molecule has 3 aromatic rings. The Morgan fingerprint density at radius 2 is 1.90 bits per heavy atom. The Morgan fingerprint density at radius 3 is 2.62 bits per heavy atom. The fourth-order valence-electron chi connectivity index (χ4n) is 1.76. The normalized spacial score (nSPS) is 9.38. The van der Waals surface area contributed by atoms with Gasteiger partial charge < -0.3 is 4.42 Å². The van der Waals surface area contributed by atoms with Gasteiger partial charge in [-0.3, -0.25) is 4.98 Å². The van der Waals surface area contributed by atoms with Crippen LogP contribution in [0.1, 0.15) is 19.4 Å². The molecular weight excluding hydrogens is 262 g/mol. The molecule has 4 heteroatoms. The van der Waals surface area contributed by atoms with Crippen LogP contribution in [-0.4, -0.2) is 9.97 Å². The Bertz CT molecular complexity index is 742. The van der Waals surface area contributed by atoms with Crippen molar-refractivity contribution in [3.63, 3.8) is 0 Å². The Kier molecular flexibility index (Phi) is 4.84. The van der Waals surface area contributed by atoms with Gasteiger partial charge in [0, 0.05) is 11.8 Å². The lowest BCUT2D eigenvalue weighted by Crippen LogP contribution is -1.83. The number of nitrogens with zero attached hydrogens (tertiary/aromatic N) is 3. The molecule has 0 atom stereocenters. The first-order chi connectivity index (χ1) is 10.4. The van der Waals surface area contributed by atoms with E-state index < -0.39 is 0 Å². The lowest BCUT2D eigenvalue weighted by Gasteiger charge is -1.95. The monoisotopic (exact) mass is 277 g/mol. The van der Waals surface area contributed by atoms with E-state index in [-0.39, 0.29) is 0 Å². The van der Waals surface area contributed by atoms with Crippen molar-refractivity contribution in [1.82, 2.24) is 9.97 Å². The molecule has 21 heavy (non-hydrogen) atoms. The maximum Gasteiger partial charge on any atom is 0.226 e. The van der Waals surface area contributed by atoms with E-state index in [1.807, 2.05) is 38.1 Å². The van der Waals surface area contributed by atoms with Gasteiger partial charge in [0.15, 0.2) is 0 Å². The van der Waals surface area contributed by atoms with Crippen LogP contribution in [-0.2, 0) is 0 Å². The summed E-state index contributed by atoms with van der Waals surface area (Å²) in [6.45, 7) is 4.00. The number of benzene rings is 1. The minimum atomic E-state index is 0.484. The van der Waals surface area contributed by atoms with E-state index in [1.54, 1.807) is 30.7 Å². The number of nitriles is 1. The number of hydrogen-bond donors (Lipinski definition) is 0. The highest BCUT2D eigenvalue weighted by atomic mass is 16.3. The average molecular weight is 277 g/mol. The second-order valence-electron chi connectivity index (χ2n) is 3.95. The third-order valence-electron chi connectivity index (χ3n) is 2.67. The van der Waals surface area contributed by atoms with Gasteiger partial charge in [-0.25, -0.2) is 4.98 Å². The van der Waals surface area contributed by atoms with Gasteiger partial charge in [0.25, 0.3) is 0 Å². The Morgan fingerprint density at radius 1 is 1.05 bits per heavy atom. The fourth-order valence-corrected chi connectivity index (χ4v) is 1.76. The molecule has 0 saturated heterocycles. The Balaban J connectivity index is 0.000000774. The molecule has 2 heterocycles. The second-order valence-corrected chi connectivity index (χ2v) is 3.95. The first-order valence-electron chi connectivity index (χ1n) is 6.74. The highest BCUT2D eigenvalue weighted by Crippen LogP contribution is 2.23. The first-order valence-corrected chi connectivity index (χ1v) is 6.74. The Labute approximate surface area is 123 Å². The average Bonchev–Trinajstić information content (AvgIpc) is 3.08. The van der Waals surface area contributed by atoms with Gasteiger partial charge in [0.2, 0.25) is 5.89 Å². The van der Waals surface area contributed by atoms with Crippen molar-refractivity contribution >= 4 is 0 Å². The number of aromatic nitrogens is 2. The van der Waals surface area contributed by atoms with E-state index in [0.717, 1.165) is 11.3 Å². The van der Waals surface area contributed by atoms with Crippen LogP contribution in [0.25, 0.3) is 22.8 Å². The van der Waals surface area contributed by atoms with Crippen molar-refractivity contribution in [3.05, 3.63) is 60.5 Å². The molecule has 0 saturated carbocycles. The molecule has 0 aliphatic heterocycles. The summed E-state index contributed by atoms with van der Waals surface area (Å²) in [5.41, 5.74) is 2.79. The van der Waals surface area contributed by atoms with E-state index in [0.29, 0.717) is 17.1 Å². The van der Waals surface area contributed by atoms with E-state index in [9.17, 15) is 0 Å². The summed E-state index contributed by atoms with van der Waals surface area (Å²) in [5.74, 6) is 0.484. The molecule has 0 unspecified atom stereocenters. The molecule has 3 rings (SSSR count). The Hall–Kier alpha value is -2.93. The van der Waals surface area contributed by atoms with Gasteiger partial charge in [-0.1, -0.05) is 26.0 Å². The van der Waals surface area contributed by atoms with Crippen molar-refractivity contribution in [2.75, 3.05) is 0 Å². The maximum atomic E-state index is 8.88. The van der Waals surface area contributed by atoms with Crippen LogP contribution in [0.3, 0.4) is 0 Å². The minimum Gasteiger partial charge on any atom is -0.444 e. The van der Waals surface area contributed by atoms with Crippen LogP contribution < -0.4 is 0 Å². The molecule has 4 nitrogen and oxygen atoms in total. The molecular formula is C17H15N3O. The molecule has 0 aliphatic rings. The summed E-state index contributed by atoms with van der Waals surface area (Å²) < 4.78 is 5.44. The molecule has 0 aliphatic carbocycles. The molecule has 2 aromatic heterocycles. The minimum absolute atomic E-state index is 0.484. The summed E-state index contributed by atoms with van der Waals surface area (Å²) in [6.07, 6.45) is 3.27. The standard InChI is InChI=1S/C15H9N3O.C2H6/c16-9-11-4-3-5-12(8-11)15-18-14(10-19-15)13-6-1-2-7-17-13;1-2/h1-8,10H;1-2H3. The van der Waals surface area contributed by atoms with Crippen LogP contribution in [0, 0.1) is 11.3 Å². The summed E-state index contributed by atoms with van der Waals surface area (Å²) in [4.78, 5) is 8.60. The summed E-state index contributed by atoms with van der Waals surface area (Å²) >= 11 is 0. The second kappa shape index (κ2) is 7.01. The van der Waals surface area contributed by atoms with E-state index >= 15 is 0 Å². The first kappa shape index (κ1) is 14.5. The van der Waals surface area contributed by atoms with Gasteiger partial charge in [0.05, 0.1) is 17.3 Å². The quantitative estimate of drug-likeness (QED) is 0.700. The smallest absolute Gasteiger partial charge is 0.226 e. The number of pyridine rings is 1. The van der Waals surface area contributed by atoms with E-state index in [1.165, 1.54) is 0 Å². The van der Waals surface area contributed by atoms with E-state index in [4.69, 9.17) is 9.68 Å². The molecule has 0 amide bonds. The van der Waals surface area contributed by atoms with Gasteiger partial charge in [-0.15, -0.1) is 0 Å². The SMILES string of the molecule is CC.N#Cc1cccc(-c2nc(-c3ccccn3)co2)c1. The van der Waals surface area contributed by atoms with Gasteiger partial charge in [-0.05, 0) is 30.3 Å². The molecule has 0 spiro atoms. The molecule has 0 bridgehead atoms. The molecule has 0 radical (unpaired) electrons. The highest BCUT2D eigenvalue weighted by Gasteiger charge is 2.09. The van der Waals surface area contributed by atoms with Crippen molar-refractivity contribution in [3.8, 4) is 28.9 Å². The van der Waals surface area contributed by atoms with Crippen molar-refractivity contribution in [2.24, 2.45) is 0 Å². The van der Waals surface area contributed by atoms with Gasteiger partial charge in [0.1, 0.15) is 12.0 Å². The van der Waals surface area contributed by atoms with Gasteiger partial charge in [-0.2, -0.15) is 5.26 Å². The largest absolute Gasteiger partial charge is 0.444 e. The molecule has 1 aromatic carbocycles. The molecule has 104 valence electrons. The zero-order valence-corrected chi connectivity index (χ0v) is 11.9. The van der Waals surface area contributed by atoms with Gasteiger partial charge >= 0.3 is 0 Å². The van der Waals surface area contributed by atoms with Crippen LogP contribution >= 0.6 is 0 Å². The summed E-state index contributed by atoms with van der Waals surface area (Å²) in [7, 11) is 0. The van der Waals surface area contributed by atoms with E-state index in [2.05, 4.69) is 16.0 Å². The van der Waals surface area contributed by atoms with Crippen molar-refractivity contribution in [2.45, 2.75) is 13.8 Å². The number of hydrogen-bond acceptors (Lipinski definition) is 4. The van der Waals surface area contributed by atoms with Crippen LogP contribution in [0.2, 0.25) is 0 Å². The predicted molar refractivity (Wildman–Crippen MR) is 81.2 cm³/mol. The van der Waals surface area contributed by atoms with Crippen LogP contribution in [0.4, 0.5) is 0 Å². The predicted octanol–water partition coefficient (Wildman–Crippen LogP) is 4.30. The zero-order chi connectivity index (χ0) is 15.1. The van der Waals surface area contributed by atoms with Crippen molar-refractivity contribution < 1.29 is 4.42 Å². The summed E-state index contributed by atoms with van der Waals surface area (Å²) in [6, 6.07) is 14.9.